The van der Waals surface area contributed by atoms with E-state index in [-0.39, 0.29) is 37.7 Å². The van der Waals surface area contributed by atoms with Crippen LogP contribution in [-0.2, 0) is 19.1 Å². The van der Waals surface area contributed by atoms with Crippen molar-refractivity contribution in [2.45, 2.75) is 32.2 Å². The fraction of sp³-hybridized carbons (Fsp3) is 0.318. The zero-order valence-corrected chi connectivity index (χ0v) is 16.9. The smallest absolute Gasteiger partial charge is 0.307 e. The van der Waals surface area contributed by atoms with Gasteiger partial charge in [-0.15, -0.1) is 0 Å². The van der Waals surface area contributed by atoms with Crippen LogP contribution in [0.1, 0.15) is 26.2 Å². The van der Waals surface area contributed by atoms with Crippen LogP contribution in [0.5, 0.6) is 11.5 Å². The summed E-state index contributed by atoms with van der Waals surface area (Å²) < 4.78 is 10.5. The van der Waals surface area contributed by atoms with Crippen molar-refractivity contribution in [1.29, 1.82) is 0 Å². The number of anilines is 1. The predicted octanol–water partition coefficient (Wildman–Crippen LogP) is 2.59. The molecule has 0 bridgehead atoms. The zero-order valence-electron chi connectivity index (χ0n) is 16.9. The minimum atomic E-state index is -0.834. The average molecular weight is 413 g/mol. The lowest BCUT2D eigenvalue weighted by Crippen LogP contribution is -2.41. The van der Waals surface area contributed by atoms with Gasteiger partial charge in [0.15, 0.2) is 0 Å². The van der Waals surface area contributed by atoms with Crippen LogP contribution in [0.15, 0.2) is 54.6 Å². The summed E-state index contributed by atoms with van der Waals surface area (Å²) in [4.78, 5) is 35.2. The first kappa shape index (κ1) is 22.9. The molecule has 0 aromatic heterocycles. The standard InChI is InChI=1S/C22H27N3O5/c1-2-29-21(27)14-15-24-22(28)19(23)12-13-20(26)25-16-8-10-18(11-9-16)30-17-6-4-3-5-7-17/h3-11,19H,2,12-15,23H2,1H3,(H,24,28)(H,25,26). The Morgan fingerprint density at radius 1 is 0.967 bits per heavy atom. The number of amides is 2. The summed E-state index contributed by atoms with van der Waals surface area (Å²) in [5.41, 5.74) is 6.42. The first-order chi connectivity index (χ1) is 14.5. The van der Waals surface area contributed by atoms with E-state index in [1.165, 1.54) is 0 Å². The van der Waals surface area contributed by atoms with E-state index in [4.69, 9.17) is 15.2 Å². The minimum Gasteiger partial charge on any atom is -0.466 e. The summed E-state index contributed by atoms with van der Waals surface area (Å²) in [5, 5.41) is 5.32. The van der Waals surface area contributed by atoms with Gasteiger partial charge < -0.3 is 25.8 Å². The van der Waals surface area contributed by atoms with Gasteiger partial charge in [0.25, 0.3) is 0 Å². The van der Waals surface area contributed by atoms with Gasteiger partial charge in [0.1, 0.15) is 11.5 Å². The Labute approximate surface area is 175 Å². The molecule has 2 amide bonds. The summed E-state index contributed by atoms with van der Waals surface area (Å²) in [6.07, 6.45) is 0.359. The van der Waals surface area contributed by atoms with Crippen LogP contribution in [0.25, 0.3) is 0 Å². The third-order valence-corrected chi connectivity index (χ3v) is 4.07. The van der Waals surface area contributed by atoms with Gasteiger partial charge in [-0.1, -0.05) is 18.2 Å². The number of hydrogen-bond acceptors (Lipinski definition) is 6. The molecule has 0 saturated carbocycles. The number of carbonyl (C=O) groups is 3. The molecule has 1 unspecified atom stereocenters. The molecule has 0 aliphatic rings. The summed E-state index contributed by atoms with van der Waals surface area (Å²) in [6.45, 7) is 2.16. The molecular weight excluding hydrogens is 386 g/mol. The van der Waals surface area contributed by atoms with E-state index in [2.05, 4.69) is 10.6 Å². The van der Waals surface area contributed by atoms with Crippen molar-refractivity contribution in [2.24, 2.45) is 5.73 Å². The van der Waals surface area contributed by atoms with Crippen LogP contribution in [0.2, 0.25) is 0 Å². The first-order valence-electron chi connectivity index (χ1n) is 9.79. The maximum absolute atomic E-state index is 12.1. The molecule has 2 aromatic rings. The molecule has 0 heterocycles. The van der Waals surface area contributed by atoms with E-state index in [1.807, 2.05) is 30.3 Å². The molecule has 8 heteroatoms. The molecule has 30 heavy (non-hydrogen) atoms. The van der Waals surface area contributed by atoms with Crippen molar-refractivity contribution >= 4 is 23.5 Å². The maximum Gasteiger partial charge on any atom is 0.307 e. The summed E-state index contributed by atoms with van der Waals surface area (Å²) in [6, 6.07) is 15.5. The number of hydrogen-bond donors (Lipinski definition) is 3. The molecule has 0 fully saturated rings. The normalized spacial score (nSPS) is 11.3. The van der Waals surface area contributed by atoms with E-state index in [9.17, 15) is 14.4 Å². The van der Waals surface area contributed by atoms with E-state index >= 15 is 0 Å². The molecule has 0 saturated heterocycles. The van der Waals surface area contributed by atoms with Crippen molar-refractivity contribution < 1.29 is 23.9 Å². The lowest BCUT2D eigenvalue weighted by Gasteiger charge is -2.12. The lowest BCUT2D eigenvalue weighted by molar-refractivity contribution is -0.143. The number of nitrogens with two attached hydrogens (primary N) is 1. The molecule has 8 nitrogen and oxygen atoms in total. The quantitative estimate of drug-likeness (QED) is 0.487. The van der Waals surface area contributed by atoms with Crippen molar-refractivity contribution in [1.82, 2.24) is 5.32 Å². The molecule has 1 atom stereocenters. The number of ether oxygens (including phenoxy) is 2. The molecule has 2 aromatic carbocycles. The third kappa shape index (κ3) is 8.32. The Morgan fingerprint density at radius 2 is 1.63 bits per heavy atom. The van der Waals surface area contributed by atoms with Crippen LogP contribution >= 0.6 is 0 Å². The van der Waals surface area contributed by atoms with Gasteiger partial charge >= 0.3 is 5.97 Å². The summed E-state index contributed by atoms with van der Waals surface area (Å²) in [5.74, 6) is 0.339. The molecule has 0 aliphatic heterocycles. The second kappa shape index (κ2) is 12.2. The molecule has 160 valence electrons. The summed E-state index contributed by atoms with van der Waals surface area (Å²) in [7, 11) is 0. The maximum atomic E-state index is 12.1. The van der Waals surface area contributed by atoms with Crippen molar-refractivity contribution in [3.8, 4) is 11.5 Å². The number of nitrogens with one attached hydrogen (secondary N) is 2. The van der Waals surface area contributed by atoms with E-state index < -0.39 is 11.9 Å². The Balaban J connectivity index is 1.69. The minimum absolute atomic E-state index is 0.0801. The van der Waals surface area contributed by atoms with Crippen LogP contribution in [0.3, 0.4) is 0 Å². The van der Waals surface area contributed by atoms with Gasteiger partial charge in [-0.3, -0.25) is 14.4 Å². The van der Waals surface area contributed by atoms with Gasteiger partial charge in [0, 0.05) is 18.7 Å². The number of carbonyl (C=O) groups excluding carboxylic acids is 3. The highest BCUT2D eigenvalue weighted by molar-refractivity contribution is 5.91. The summed E-state index contributed by atoms with van der Waals surface area (Å²) >= 11 is 0. The second-order valence-corrected chi connectivity index (χ2v) is 6.48. The number of benzene rings is 2. The van der Waals surface area contributed by atoms with E-state index in [0.29, 0.717) is 18.0 Å². The largest absolute Gasteiger partial charge is 0.466 e. The van der Waals surface area contributed by atoms with Crippen LogP contribution < -0.4 is 21.1 Å². The Kier molecular flexibility index (Phi) is 9.33. The average Bonchev–Trinajstić information content (AvgIpc) is 2.74. The van der Waals surface area contributed by atoms with Gasteiger partial charge in [-0.2, -0.15) is 0 Å². The van der Waals surface area contributed by atoms with Gasteiger partial charge in [0.2, 0.25) is 11.8 Å². The fourth-order valence-corrected chi connectivity index (χ4v) is 2.52. The number of rotatable bonds is 11. The molecule has 0 spiro atoms. The Hall–Kier alpha value is -3.39. The van der Waals surface area contributed by atoms with Gasteiger partial charge in [0.05, 0.1) is 19.1 Å². The highest BCUT2D eigenvalue weighted by Crippen LogP contribution is 2.22. The lowest BCUT2D eigenvalue weighted by atomic mass is 10.1. The highest BCUT2D eigenvalue weighted by atomic mass is 16.5. The molecule has 0 aliphatic carbocycles. The Bertz CT molecular complexity index is 824. The van der Waals surface area contributed by atoms with Crippen molar-refractivity contribution in [3.63, 3.8) is 0 Å². The Morgan fingerprint density at radius 3 is 2.30 bits per heavy atom. The monoisotopic (exact) mass is 413 g/mol. The van der Waals surface area contributed by atoms with E-state index in [1.54, 1.807) is 31.2 Å². The molecular formula is C22H27N3O5. The third-order valence-electron chi connectivity index (χ3n) is 4.07. The molecule has 2 rings (SSSR count). The van der Waals surface area contributed by atoms with Gasteiger partial charge in [-0.25, -0.2) is 0 Å². The first-order valence-corrected chi connectivity index (χ1v) is 9.79. The second-order valence-electron chi connectivity index (χ2n) is 6.48. The van der Waals surface area contributed by atoms with Crippen molar-refractivity contribution in [2.75, 3.05) is 18.5 Å². The number of para-hydroxylation sites is 1. The molecule has 0 radical (unpaired) electrons. The topological polar surface area (TPSA) is 120 Å². The number of esters is 1. The molecule has 4 N–H and O–H groups in total. The van der Waals surface area contributed by atoms with Crippen LogP contribution in [-0.4, -0.2) is 37.0 Å². The highest BCUT2D eigenvalue weighted by Gasteiger charge is 2.15. The van der Waals surface area contributed by atoms with Gasteiger partial charge in [-0.05, 0) is 49.7 Å². The van der Waals surface area contributed by atoms with Crippen LogP contribution in [0, 0.1) is 0 Å². The fourth-order valence-electron chi connectivity index (χ4n) is 2.52. The zero-order chi connectivity index (χ0) is 21.8. The van der Waals surface area contributed by atoms with Crippen LogP contribution in [0.4, 0.5) is 5.69 Å². The SMILES string of the molecule is CCOC(=O)CCNC(=O)C(N)CCC(=O)Nc1ccc(Oc2ccccc2)cc1. The van der Waals surface area contributed by atoms with E-state index in [0.717, 1.165) is 5.75 Å². The predicted molar refractivity (Wildman–Crippen MR) is 113 cm³/mol. The van der Waals surface area contributed by atoms with Crippen molar-refractivity contribution in [3.05, 3.63) is 54.6 Å².